The third-order valence-corrected chi connectivity index (χ3v) is 4.01. The smallest absolute Gasteiger partial charge is 0.328 e. The van der Waals surface area contributed by atoms with E-state index in [1.807, 2.05) is 0 Å². The molecule has 0 saturated carbocycles. The fourth-order valence-corrected chi connectivity index (χ4v) is 2.12. The predicted octanol–water partition coefficient (Wildman–Crippen LogP) is 2.87. The number of carbonyl (C=O) groups excluding carboxylic acids is 1. The lowest BCUT2D eigenvalue weighted by Crippen LogP contribution is -2.29. The van der Waals surface area contributed by atoms with E-state index < -0.39 is 5.97 Å². The van der Waals surface area contributed by atoms with Crippen LogP contribution in [0.2, 0.25) is 0 Å². The second kappa shape index (κ2) is 7.09. The van der Waals surface area contributed by atoms with Crippen molar-refractivity contribution < 1.29 is 14.7 Å². The van der Waals surface area contributed by atoms with Crippen LogP contribution in [0.5, 0.6) is 0 Å². The van der Waals surface area contributed by atoms with Gasteiger partial charge >= 0.3 is 5.97 Å². The summed E-state index contributed by atoms with van der Waals surface area (Å²) in [7, 11) is 0. The second-order valence-corrected chi connectivity index (χ2v) is 5.92. The first-order valence-electron chi connectivity index (χ1n) is 6.19. The van der Waals surface area contributed by atoms with Crippen LogP contribution in [0.15, 0.2) is 18.2 Å². The summed E-state index contributed by atoms with van der Waals surface area (Å²) in [5, 5.41) is 11.4. The molecule has 1 amide bonds. The highest BCUT2D eigenvalue weighted by Crippen LogP contribution is 2.18. The highest BCUT2D eigenvalue weighted by molar-refractivity contribution is 7.14. The van der Waals surface area contributed by atoms with E-state index in [4.69, 9.17) is 5.11 Å². The Morgan fingerprint density at radius 3 is 2.63 bits per heavy atom. The van der Waals surface area contributed by atoms with Gasteiger partial charge < -0.3 is 10.4 Å². The Hall–Kier alpha value is -1.62. The van der Waals surface area contributed by atoms with Crippen molar-refractivity contribution >= 4 is 29.3 Å². The van der Waals surface area contributed by atoms with Crippen LogP contribution in [0.1, 0.15) is 35.3 Å². The molecule has 1 heterocycles. The Labute approximate surface area is 117 Å². The molecule has 0 radical (unpaired) electrons. The van der Waals surface area contributed by atoms with E-state index in [0.29, 0.717) is 23.3 Å². The topological polar surface area (TPSA) is 66.4 Å². The lowest BCUT2D eigenvalue weighted by atomic mass is 9.98. The fraction of sp³-hybridized carbons (Fsp3) is 0.429. The molecule has 1 unspecified atom stereocenters. The molecule has 0 fully saturated rings. The van der Waals surface area contributed by atoms with Gasteiger partial charge in [-0.1, -0.05) is 20.8 Å². The average Bonchev–Trinajstić information content (AvgIpc) is 2.81. The molecule has 0 spiro atoms. The Morgan fingerprint density at radius 2 is 2.05 bits per heavy atom. The van der Waals surface area contributed by atoms with E-state index in [2.05, 4.69) is 26.1 Å². The molecule has 0 aliphatic rings. The zero-order valence-electron chi connectivity index (χ0n) is 11.3. The normalized spacial score (nSPS) is 12.8. The molecule has 1 aromatic rings. The van der Waals surface area contributed by atoms with Gasteiger partial charge in [0.1, 0.15) is 0 Å². The van der Waals surface area contributed by atoms with Crippen LogP contribution in [0.3, 0.4) is 0 Å². The highest BCUT2D eigenvalue weighted by Gasteiger charge is 2.11. The maximum atomic E-state index is 11.9. The van der Waals surface area contributed by atoms with Crippen molar-refractivity contribution in [1.82, 2.24) is 5.32 Å². The summed E-state index contributed by atoms with van der Waals surface area (Å²) in [6, 6.07) is 3.45. The molecule has 0 aromatic carbocycles. The Balaban J connectivity index is 2.56. The van der Waals surface area contributed by atoms with Gasteiger partial charge in [0, 0.05) is 17.5 Å². The standard InChI is InChI=1S/C14H19NO3S/c1-9(2)10(3)8-15-14(18)12-6-4-11(19-12)5-7-13(16)17/h4-7,9-10H,8H2,1-3H3,(H,15,18)(H,16,17). The number of carbonyl (C=O) groups is 2. The van der Waals surface area contributed by atoms with Gasteiger partial charge in [-0.2, -0.15) is 0 Å². The Kier molecular flexibility index (Phi) is 5.76. The molecule has 5 heteroatoms. The van der Waals surface area contributed by atoms with E-state index in [0.717, 1.165) is 11.0 Å². The first-order valence-corrected chi connectivity index (χ1v) is 7.01. The minimum Gasteiger partial charge on any atom is -0.478 e. The van der Waals surface area contributed by atoms with Crippen LogP contribution in [0.25, 0.3) is 6.08 Å². The van der Waals surface area contributed by atoms with Gasteiger partial charge in [-0.15, -0.1) is 11.3 Å². The number of nitrogens with one attached hydrogen (secondary N) is 1. The van der Waals surface area contributed by atoms with Crippen molar-refractivity contribution in [2.75, 3.05) is 6.54 Å². The molecule has 0 aliphatic heterocycles. The quantitative estimate of drug-likeness (QED) is 0.788. The van der Waals surface area contributed by atoms with E-state index in [1.54, 1.807) is 12.1 Å². The first-order chi connectivity index (χ1) is 8.90. The molecule has 104 valence electrons. The molecule has 1 aromatic heterocycles. The zero-order valence-corrected chi connectivity index (χ0v) is 12.2. The number of rotatable bonds is 6. The summed E-state index contributed by atoms with van der Waals surface area (Å²) in [6.07, 6.45) is 2.55. The summed E-state index contributed by atoms with van der Waals surface area (Å²) in [4.78, 5) is 23.6. The van der Waals surface area contributed by atoms with Crippen LogP contribution in [0.4, 0.5) is 0 Å². The van der Waals surface area contributed by atoms with E-state index in [1.165, 1.54) is 17.4 Å². The summed E-state index contributed by atoms with van der Waals surface area (Å²) in [5.41, 5.74) is 0. The summed E-state index contributed by atoms with van der Waals surface area (Å²) < 4.78 is 0. The van der Waals surface area contributed by atoms with Gasteiger partial charge in [-0.3, -0.25) is 4.79 Å². The molecular weight excluding hydrogens is 262 g/mol. The summed E-state index contributed by atoms with van der Waals surface area (Å²) in [5.74, 6) is -0.148. The number of hydrogen-bond donors (Lipinski definition) is 2. The largest absolute Gasteiger partial charge is 0.478 e. The zero-order chi connectivity index (χ0) is 14.4. The molecule has 0 aliphatic carbocycles. The molecule has 0 bridgehead atoms. The highest BCUT2D eigenvalue weighted by atomic mass is 32.1. The van der Waals surface area contributed by atoms with Crippen molar-refractivity contribution in [2.24, 2.45) is 11.8 Å². The lowest BCUT2D eigenvalue weighted by Gasteiger charge is -2.15. The summed E-state index contributed by atoms with van der Waals surface area (Å²) >= 11 is 1.28. The molecule has 4 nitrogen and oxygen atoms in total. The van der Waals surface area contributed by atoms with Gasteiger partial charge in [0.2, 0.25) is 0 Å². The molecule has 1 rings (SSSR count). The third kappa shape index (κ3) is 5.26. The number of carboxylic acids is 1. The monoisotopic (exact) mass is 281 g/mol. The molecule has 2 N–H and O–H groups in total. The second-order valence-electron chi connectivity index (χ2n) is 4.80. The third-order valence-electron chi connectivity index (χ3n) is 2.96. The van der Waals surface area contributed by atoms with Crippen LogP contribution < -0.4 is 5.32 Å². The number of thiophene rings is 1. The number of carboxylic acid groups (broad SMARTS) is 1. The number of amides is 1. The molecule has 0 saturated heterocycles. The van der Waals surface area contributed by atoms with Crippen LogP contribution in [-0.4, -0.2) is 23.5 Å². The Morgan fingerprint density at radius 1 is 1.37 bits per heavy atom. The van der Waals surface area contributed by atoms with Crippen molar-refractivity contribution in [3.05, 3.63) is 28.0 Å². The van der Waals surface area contributed by atoms with E-state index in [9.17, 15) is 9.59 Å². The van der Waals surface area contributed by atoms with Gasteiger partial charge in [-0.05, 0) is 30.0 Å². The van der Waals surface area contributed by atoms with Gasteiger partial charge in [0.15, 0.2) is 0 Å². The van der Waals surface area contributed by atoms with E-state index in [-0.39, 0.29) is 5.91 Å². The van der Waals surface area contributed by atoms with Crippen molar-refractivity contribution in [2.45, 2.75) is 20.8 Å². The number of aliphatic carboxylic acids is 1. The van der Waals surface area contributed by atoms with Crippen molar-refractivity contribution in [3.8, 4) is 0 Å². The number of hydrogen-bond acceptors (Lipinski definition) is 3. The van der Waals surface area contributed by atoms with Crippen molar-refractivity contribution in [3.63, 3.8) is 0 Å². The molecule has 19 heavy (non-hydrogen) atoms. The minimum atomic E-state index is -0.995. The average molecular weight is 281 g/mol. The predicted molar refractivity (Wildman–Crippen MR) is 77.3 cm³/mol. The van der Waals surface area contributed by atoms with Gasteiger partial charge in [0.25, 0.3) is 5.91 Å². The van der Waals surface area contributed by atoms with E-state index >= 15 is 0 Å². The molecule has 1 atom stereocenters. The maximum Gasteiger partial charge on any atom is 0.328 e. The van der Waals surface area contributed by atoms with Crippen molar-refractivity contribution in [1.29, 1.82) is 0 Å². The van der Waals surface area contributed by atoms with Crippen LogP contribution >= 0.6 is 11.3 Å². The van der Waals surface area contributed by atoms with Gasteiger partial charge in [0.05, 0.1) is 4.88 Å². The van der Waals surface area contributed by atoms with Crippen LogP contribution in [-0.2, 0) is 4.79 Å². The first kappa shape index (κ1) is 15.4. The Bertz CT molecular complexity index is 477. The fourth-order valence-electron chi connectivity index (χ4n) is 1.29. The maximum absolute atomic E-state index is 11.9. The van der Waals surface area contributed by atoms with Crippen LogP contribution in [0, 0.1) is 11.8 Å². The summed E-state index contributed by atoms with van der Waals surface area (Å²) in [6.45, 7) is 6.99. The lowest BCUT2D eigenvalue weighted by molar-refractivity contribution is -0.131. The molecular formula is C14H19NO3S. The van der Waals surface area contributed by atoms with Gasteiger partial charge in [-0.25, -0.2) is 4.79 Å². The minimum absolute atomic E-state index is 0.104. The SMILES string of the molecule is CC(C)C(C)CNC(=O)c1ccc(C=CC(=O)O)s1.